The molecule has 0 aliphatic rings. The molecule has 0 radical (unpaired) electrons. The van der Waals surface area contributed by atoms with Crippen LogP contribution in [-0.4, -0.2) is 26.9 Å². The van der Waals surface area contributed by atoms with Crippen molar-refractivity contribution in [2.24, 2.45) is 0 Å². The van der Waals surface area contributed by atoms with E-state index in [2.05, 4.69) is 36.2 Å². The molecule has 0 bridgehead atoms. The molecule has 2 heterocycles. The van der Waals surface area contributed by atoms with Crippen LogP contribution in [0.15, 0.2) is 36.7 Å². The van der Waals surface area contributed by atoms with E-state index in [-0.39, 0.29) is 16.5 Å². The average Bonchev–Trinajstić information content (AvgIpc) is 2.35. The van der Waals surface area contributed by atoms with E-state index in [4.69, 9.17) is 14.1 Å². The van der Waals surface area contributed by atoms with Crippen molar-refractivity contribution in [3.8, 4) is 0 Å². The van der Waals surface area contributed by atoms with Gasteiger partial charge in [-0.15, -0.1) is 0 Å². The molecular weight excluding hydrogens is 379 g/mol. The fraction of sp³-hybridized carbons (Fsp3) is 0.375. The molecule has 0 spiro atoms. The van der Waals surface area contributed by atoms with Gasteiger partial charge in [-0.25, -0.2) is 0 Å². The van der Waals surface area contributed by atoms with Crippen molar-refractivity contribution >= 4 is 28.6 Å². The minimum absolute atomic E-state index is 0. The molecule has 24 heavy (non-hydrogen) atoms. The molecule has 5 nitrogen and oxygen atoms in total. The van der Waals surface area contributed by atoms with Crippen molar-refractivity contribution in [1.29, 1.82) is 0 Å². The summed E-state index contributed by atoms with van der Waals surface area (Å²) in [6, 6.07) is 7.88. The molecule has 2 aromatic rings. The van der Waals surface area contributed by atoms with Crippen molar-refractivity contribution in [3.05, 3.63) is 57.8 Å². The summed E-state index contributed by atoms with van der Waals surface area (Å²) in [5, 5.41) is 0. The van der Waals surface area contributed by atoms with Crippen LogP contribution in [0.25, 0.3) is 9.96 Å². The van der Waals surface area contributed by atoms with Crippen molar-refractivity contribution in [2.75, 3.05) is 0 Å². The molecule has 2 aromatic heterocycles. The molecule has 0 saturated heterocycles. The summed E-state index contributed by atoms with van der Waals surface area (Å²) < 4.78 is 6.38. The molecule has 132 valence electrons. The quantitative estimate of drug-likeness (QED) is 0.621. The molecule has 8 heteroatoms. The second kappa shape index (κ2) is 8.25. The first-order valence-electron chi connectivity index (χ1n) is 7.67. The summed E-state index contributed by atoms with van der Waals surface area (Å²) in [4.78, 5) is 18.1. The summed E-state index contributed by atoms with van der Waals surface area (Å²) in [6.45, 7) is 12.4. The number of rotatable bonds is 6. The largest absolute Gasteiger partial charge is 2.00 e. The Morgan fingerprint density at radius 1 is 0.792 bits per heavy atom. The maximum atomic E-state index is 6.38. The summed E-state index contributed by atoms with van der Waals surface area (Å²) in [5.74, 6) is 1.47. The maximum Gasteiger partial charge on any atom is 2.00 e. The molecule has 0 aromatic carbocycles. The zero-order valence-corrected chi connectivity index (χ0v) is 18.0. The summed E-state index contributed by atoms with van der Waals surface area (Å²) in [7, 11) is -4.53. The van der Waals surface area contributed by atoms with E-state index in [1.165, 1.54) is 0 Å². The number of hydrogen-bond donors (Lipinski definition) is 0. The smallest absolute Gasteiger partial charge is 0.457 e. The molecule has 0 aliphatic carbocycles. The molecule has 0 aliphatic heterocycles. The molecule has 0 N–H and O–H groups in total. The average molecular weight is 403 g/mol. The van der Waals surface area contributed by atoms with Gasteiger partial charge in [-0.2, -0.15) is 0 Å². The second-order valence-corrected chi connectivity index (χ2v) is 13.7. The van der Waals surface area contributed by atoms with Gasteiger partial charge in [-0.3, -0.25) is 0 Å². The number of nitrogens with zero attached hydrogens (tertiary/aromatic N) is 4. The molecule has 2 rings (SSSR count). The normalized spacial score (nSPS) is 11.6. The van der Waals surface area contributed by atoms with Crippen LogP contribution in [0.3, 0.4) is 0 Å². The van der Waals surface area contributed by atoms with E-state index in [1.54, 1.807) is 12.4 Å². The van der Waals surface area contributed by atoms with Gasteiger partial charge in [0, 0.05) is 0 Å². The van der Waals surface area contributed by atoms with Crippen LogP contribution in [0, 0.1) is 13.8 Å². The molecule has 0 amide bonds. The zero-order valence-electron chi connectivity index (χ0n) is 15.0. The fourth-order valence-electron chi connectivity index (χ4n) is 2.37. The molecule has 0 atom stereocenters. The van der Waals surface area contributed by atoms with E-state index in [9.17, 15) is 0 Å². The van der Waals surface area contributed by atoms with E-state index in [0.717, 1.165) is 22.8 Å². The third-order valence-electron chi connectivity index (χ3n) is 3.07. The van der Waals surface area contributed by atoms with Gasteiger partial charge in [-0.1, -0.05) is 59.4 Å². The predicted octanol–water partition coefficient (Wildman–Crippen LogP) is 5.22. The number of aromatic nitrogens is 2. The Hall–Kier alpha value is -1.21. The number of hydrogen-bond acceptors (Lipinski definition) is 3. The van der Waals surface area contributed by atoms with Crippen molar-refractivity contribution in [3.63, 3.8) is 0 Å². The third-order valence-corrected chi connectivity index (χ3v) is 8.60. The standard InChI is InChI=1S/C16H24N4OSi2.Ni/c1-13-7-9-17-15(11-13)19-22(3,4)21-23(5,6)20-16-12-14(2)8-10-18-16;/h7-12H,1-6H3;/q-2;+2. The molecule has 0 saturated carbocycles. The first-order valence-corrected chi connectivity index (χ1v) is 13.4. The first kappa shape index (κ1) is 20.8. The van der Waals surface area contributed by atoms with Crippen LogP contribution < -0.4 is 0 Å². The molecule has 0 unspecified atom stereocenters. The first-order chi connectivity index (χ1) is 10.7. The van der Waals surface area contributed by atoms with E-state index >= 15 is 0 Å². The van der Waals surface area contributed by atoms with Crippen LogP contribution >= 0.6 is 0 Å². The number of pyridine rings is 2. The van der Waals surface area contributed by atoms with Gasteiger partial charge in [0.2, 0.25) is 0 Å². The van der Waals surface area contributed by atoms with Gasteiger partial charge in [0.1, 0.15) is 0 Å². The van der Waals surface area contributed by atoms with Gasteiger partial charge in [0.25, 0.3) is 0 Å². The van der Waals surface area contributed by atoms with Gasteiger partial charge in [0.15, 0.2) is 17.0 Å². The Morgan fingerprint density at radius 2 is 1.17 bits per heavy atom. The Balaban J connectivity index is 0.00000288. The van der Waals surface area contributed by atoms with Crippen LogP contribution in [0.1, 0.15) is 11.1 Å². The second-order valence-electron chi connectivity index (χ2n) is 6.60. The summed E-state index contributed by atoms with van der Waals surface area (Å²) in [5.41, 5.74) is 2.29. The van der Waals surface area contributed by atoms with Crippen molar-refractivity contribution in [2.45, 2.75) is 40.0 Å². The summed E-state index contributed by atoms with van der Waals surface area (Å²) in [6.07, 6.45) is 3.56. The summed E-state index contributed by atoms with van der Waals surface area (Å²) >= 11 is 0. The SMILES string of the molecule is Cc1ccnc([N-][Si](C)(C)O[Si](C)(C)[N-]c2cc(C)ccn2)c1.[Ni+2]. The third kappa shape index (κ3) is 6.73. The monoisotopic (exact) mass is 402 g/mol. The minimum Gasteiger partial charge on any atom is -0.457 e. The number of aryl methyl sites for hydroxylation is 2. The van der Waals surface area contributed by atoms with E-state index < -0.39 is 17.0 Å². The van der Waals surface area contributed by atoms with Crippen LogP contribution in [0.4, 0.5) is 11.6 Å². The Labute approximate surface area is 157 Å². The zero-order chi connectivity index (χ0) is 17.1. The van der Waals surface area contributed by atoms with E-state index in [1.807, 2.05) is 38.1 Å². The van der Waals surface area contributed by atoms with Crippen molar-refractivity contribution < 1.29 is 20.6 Å². The van der Waals surface area contributed by atoms with Gasteiger partial charge < -0.3 is 24.0 Å². The topological polar surface area (TPSA) is 63.2 Å². The van der Waals surface area contributed by atoms with Gasteiger partial charge in [0.05, 0.1) is 0 Å². The van der Waals surface area contributed by atoms with Crippen LogP contribution in [0.2, 0.25) is 26.2 Å². The maximum absolute atomic E-state index is 6.38. The van der Waals surface area contributed by atoms with Crippen LogP contribution in [0.5, 0.6) is 0 Å². The fourth-order valence-corrected chi connectivity index (χ4v) is 8.97. The van der Waals surface area contributed by atoms with Crippen molar-refractivity contribution in [1.82, 2.24) is 9.97 Å². The Kier molecular flexibility index (Phi) is 7.16. The van der Waals surface area contributed by atoms with E-state index in [0.29, 0.717) is 0 Å². The Morgan fingerprint density at radius 3 is 1.50 bits per heavy atom. The molecule has 0 fully saturated rings. The van der Waals surface area contributed by atoms with Gasteiger partial charge >= 0.3 is 16.5 Å². The predicted molar refractivity (Wildman–Crippen MR) is 100 cm³/mol. The molecular formula is C16H24N4NiOSi2. The Bertz CT molecular complexity index is 625. The minimum atomic E-state index is -2.27. The van der Waals surface area contributed by atoms with Gasteiger partial charge in [-0.05, 0) is 40.0 Å². The van der Waals surface area contributed by atoms with Crippen LogP contribution in [-0.2, 0) is 20.6 Å².